The highest BCUT2D eigenvalue weighted by Gasteiger charge is 2.10. The number of hydrogen-bond donors (Lipinski definition) is 1. The van der Waals surface area contributed by atoms with Crippen molar-refractivity contribution in [3.05, 3.63) is 0 Å². The zero-order chi connectivity index (χ0) is 9.23. The van der Waals surface area contributed by atoms with Crippen LogP contribution in [-0.2, 0) is 8.85 Å². The van der Waals surface area contributed by atoms with Crippen LogP contribution >= 0.6 is 0 Å². The van der Waals surface area contributed by atoms with Gasteiger partial charge in [0.15, 0.2) is 0 Å². The van der Waals surface area contributed by atoms with Crippen LogP contribution in [0.5, 0.6) is 0 Å². The van der Waals surface area contributed by atoms with Crippen molar-refractivity contribution in [1.29, 1.82) is 0 Å². The van der Waals surface area contributed by atoms with Gasteiger partial charge in [-0.1, -0.05) is 13.8 Å². The van der Waals surface area contributed by atoms with Crippen LogP contribution in [0.3, 0.4) is 0 Å². The largest absolute Gasteiger partial charge is 0.397 e. The second kappa shape index (κ2) is 9.19. The first-order valence-corrected chi connectivity index (χ1v) is 6.54. The summed E-state index contributed by atoms with van der Waals surface area (Å²) in [5.74, 6) is 0. The maximum atomic E-state index is 5.57. The molecule has 3 nitrogen and oxygen atoms in total. The monoisotopic (exact) mass is 191 g/mol. The summed E-state index contributed by atoms with van der Waals surface area (Å²) in [6, 6.07) is 0.931. The molecular weight excluding hydrogens is 170 g/mol. The minimum absolute atomic E-state index is 0.685. The average Bonchev–Trinajstić information content (AvgIpc) is 2.10. The van der Waals surface area contributed by atoms with Crippen LogP contribution in [0.25, 0.3) is 0 Å². The third kappa shape index (κ3) is 6.79. The molecule has 0 rings (SSSR count). The molecule has 74 valence electrons. The fraction of sp³-hybridized carbons (Fsp3) is 1.00. The van der Waals surface area contributed by atoms with Gasteiger partial charge in [0.2, 0.25) is 0 Å². The SMILES string of the molecule is CCCO[SiH](CCN)OCCC. The van der Waals surface area contributed by atoms with Gasteiger partial charge >= 0.3 is 9.28 Å². The predicted octanol–water partition coefficient (Wildman–Crippen LogP) is 1.02. The maximum Gasteiger partial charge on any atom is 0.322 e. The van der Waals surface area contributed by atoms with Crippen LogP contribution in [0.1, 0.15) is 26.7 Å². The number of rotatable bonds is 8. The molecule has 0 aromatic rings. The van der Waals surface area contributed by atoms with Crippen molar-refractivity contribution in [3.8, 4) is 0 Å². The summed E-state index contributed by atoms with van der Waals surface area (Å²) in [5.41, 5.74) is 5.45. The Hall–Kier alpha value is 0.0969. The summed E-state index contributed by atoms with van der Waals surface area (Å²) in [5, 5.41) is 0. The summed E-state index contributed by atoms with van der Waals surface area (Å²) in [4.78, 5) is 0. The topological polar surface area (TPSA) is 44.5 Å². The Kier molecular flexibility index (Phi) is 9.26. The first-order chi connectivity index (χ1) is 5.85. The van der Waals surface area contributed by atoms with E-state index in [0.717, 1.165) is 32.1 Å². The van der Waals surface area contributed by atoms with Crippen LogP contribution in [0, 0.1) is 0 Å². The highest BCUT2D eigenvalue weighted by molar-refractivity contribution is 6.44. The lowest BCUT2D eigenvalue weighted by molar-refractivity contribution is 0.197. The molecule has 0 spiro atoms. The molecule has 0 saturated heterocycles. The van der Waals surface area contributed by atoms with Crippen molar-refractivity contribution in [2.75, 3.05) is 19.8 Å². The zero-order valence-electron chi connectivity index (χ0n) is 8.21. The van der Waals surface area contributed by atoms with Gasteiger partial charge in [0.1, 0.15) is 0 Å². The van der Waals surface area contributed by atoms with Crippen molar-refractivity contribution in [3.63, 3.8) is 0 Å². The minimum atomic E-state index is -1.39. The first-order valence-electron chi connectivity index (χ1n) is 4.78. The third-order valence-electron chi connectivity index (χ3n) is 1.42. The standard InChI is InChI=1S/C8H21NO2Si/c1-3-6-10-12(8-5-9)11-7-4-2/h12H,3-9H2,1-2H3. The van der Waals surface area contributed by atoms with Gasteiger partial charge in [0.25, 0.3) is 0 Å². The fourth-order valence-electron chi connectivity index (χ4n) is 0.849. The molecule has 0 saturated carbocycles. The minimum Gasteiger partial charge on any atom is -0.397 e. The van der Waals surface area contributed by atoms with Crippen molar-refractivity contribution in [2.45, 2.75) is 32.7 Å². The molecule has 0 bridgehead atoms. The lowest BCUT2D eigenvalue weighted by Crippen LogP contribution is -2.26. The van der Waals surface area contributed by atoms with Crippen molar-refractivity contribution >= 4 is 9.28 Å². The number of hydrogen-bond acceptors (Lipinski definition) is 3. The van der Waals surface area contributed by atoms with Crippen molar-refractivity contribution in [1.82, 2.24) is 0 Å². The van der Waals surface area contributed by atoms with E-state index >= 15 is 0 Å². The van der Waals surface area contributed by atoms with Gasteiger partial charge in [-0.15, -0.1) is 0 Å². The van der Waals surface area contributed by atoms with Gasteiger partial charge in [0.05, 0.1) is 0 Å². The summed E-state index contributed by atoms with van der Waals surface area (Å²) in [6.07, 6.45) is 2.12. The molecule has 0 aliphatic rings. The van der Waals surface area contributed by atoms with Crippen LogP contribution in [-0.4, -0.2) is 29.0 Å². The highest BCUT2D eigenvalue weighted by Crippen LogP contribution is 1.97. The predicted molar refractivity (Wildman–Crippen MR) is 53.5 cm³/mol. The Balaban J connectivity index is 3.40. The van der Waals surface area contributed by atoms with E-state index in [-0.39, 0.29) is 0 Å². The smallest absolute Gasteiger partial charge is 0.322 e. The zero-order valence-corrected chi connectivity index (χ0v) is 9.37. The summed E-state index contributed by atoms with van der Waals surface area (Å²) < 4.78 is 11.1. The molecule has 4 heteroatoms. The molecule has 0 atom stereocenters. The molecule has 0 aromatic carbocycles. The van der Waals surface area contributed by atoms with Gasteiger partial charge < -0.3 is 14.6 Å². The fourth-order valence-corrected chi connectivity index (χ4v) is 2.55. The quantitative estimate of drug-likeness (QED) is 0.583. The van der Waals surface area contributed by atoms with Gasteiger partial charge in [-0.25, -0.2) is 0 Å². The average molecular weight is 191 g/mol. The summed E-state index contributed by atoms with van der Waals surface area (Å²) in [7, 11) is -1.39. The molecule has 0 unspecified atom stereocenters. The summed E-state index contributed by atoms with van der Waals surface area (Å²) in [6.45, 7) is 6.53. The molecule has 0 fully saturated rings. The van der Waals surface area contributed by atoms with Gasteiger partial charge in [-0.3, -0.25) is 0 Å². The Bertz CT molecular complexity index is 85.1. The van der Waals surface area contributed by atoms with Gasteiger partial charge in [0, 0.05) is 19.3 Å². The highest BCUT2D eigenvalue weighted by atomic mass is 28.3. The van der Waals surface area contributed by atoms with Gasteiger partial charge in [-0.05, 0) is 19.4 Å². The normalized spacial score (nSPS) is 11.0. The summed E-state index contributed by atoms with van der Waals surface area (Å²) >= 11 is 0. The third-order valence-corrected chi connectivity index (χ3v) is 3.44. The Morgan fingerprint density at radius 3 is 1.92 bits per heavy atom. The van der Waals surface area contributed by atoms with Crippen LogP contribution in [0.15, 0.2) is 0 Å². The number of nitrogens with two attached hydrogens (primary N) is 1. The molecule has 0 aromatic heterocycles. The van der Waals surface area contributed by atoms with E-state index in [1.807, 2.05) is 0 Å². The Morgan fingerprint density at radius 1 is 1.08 bits per heavy atom. The van der Waals surface area contributed by atoms with Crippen LogP contribution in [0.2, 0.25) is 6.04 Å². The van der Waals surface area contributed by atoms with E-state index < -0.39 is 9.28 Å². The van der Waals surface area contributed by atoms with Crippen molar-refractivity contribution < 1.29 is 8.85 Å². The molecule has 0 aliphatic carbocycles. The lowest BCUT2D eigenvalue weighted by Gasteiger charge is -2.14. The molecule has 2 N–H and O–H groups in total. The molecule has 0 aliphatic heterocycles. The van der Waals surface area contributed by atoms with E-state index in [4.69, 9.17) is 14.6 Å². The van der Waals surface area contributed by atoms with Gasteiger partial charge in [-0.2, -0.15) is 0 Å². The Labute approximate surface area is 77.1 Å². The molecule has 0 amide bonds. The van der Waals surface area contributed by atoms with E-state index in [1.165, 1.54) is 0 Å². The molecule has 0 radical (unpaired) electrons. The van der Waals surface area contributed by atoms with E-state index in [9.17, 15) is 0 Å². The van der Waals surface area contributed by atoms with E-state index in [1.54, 1.807) is 0 Å². The Morgan fingerprint density at radius 2 is 1.58 bits per heavy atom. The van der Waals surface area contributed by atoms with Crippen LogP contribution in [0.4, 0.5) is 0 Å². The first kappa shape index (κ1) is 12.1. The van der Waals surface area contributed by atoms with Crippen LogP contribution < -0.4 is 5.73 Å². The van der Waals surface area contributed by atoms with E-state index in [2.05, 4.69) is 13.8 Å². The molecule has 12 heavy (non-hydrogen) atoms. The second-order valence-electron chi connectivity index (χ2n) is 2.75. The maximum absolute atomic E-state index is 5.57. The van der Waals surface area contributed by atoms with Crippen molar-refractivity contribution in [2.24, 2.45) is 5.73 Å². The van der Waals surface area contributed by atoms with E-state index in [0.29, 0.717) is 6.54 Å². The molecular formula is C8H21NO2Si. The molecule has 0 heterocycles. The second-order valence-corrected chi connectivity index (χ2v) is 4.85. The lowest BCUT2D eigenvalue weighted by atomic mass is 10.5.